The Morgan fingerprint density at radius 3 is 2.62 bits per heavy atom. The lowest BCUT2D eigenvalue weighted by atomic mass is 9.82. The van der Waals surface area contributed by atoms with Crippen molar-refractivity contribution in [3.05, 3.63) is 52.9 Å². The van der Waals surface area contributed by atoms with Crippen LogP contribution < -0.4 is 4.74 Å². The third kappa shape index (κ3) is 2.35. The fourth-order valence-corrected chi connectivity index (χ4v) is 5.10. The molecule has 2 heterocycles. The maximum atomic E-state index is 6.30. The highest BCUT2D eigenvalue weighted by atomic mass is 35.5. The second-order valence-corrected chi connectivity index (χ2v) is 8.80. The van der Waals surface area contributed by atoms with Crippen LogP contribution in [-0.4, -0.2) is 14.6 Å². The number of benzene rings is 1. The molecular formula is C21H22ClN3O. The molecule has 0 atom stereocenters. The predicted octanol–water partition coefficient (Wildman–Crippen LogP) is 5.71. The summed E-state index contributed by atoms with van der Waals surface area (Å²) in [6, 6.07) is 9.71. The van der Waals surface area contributed by atoms with Crippen molar-refractivity contribution in [2.24, 2.45) is 5.41 Å². The van der Waals surface area contributed by atoms with Crippen LogP contribution in [0, 0.1) is 12.3 Å². The average Bonchev–Trinajstić information content (AvgIpc) is 3.29. The lowest BCUT2D eigenvalue weighted by Crippen LogP contribution is -2.23. The van der Waals surface area contributed by atoms with Gasteiger partial charge < -0.3 is 4.74 Å². The number of pyridine rings is 1. The van der Waals surface area contributed by atoms with E-state index in [0.29, 0.717) is 21.9 Å². The number of nitrogens with zero attached hydrogens (tertiary/aromatic N) is 3. The van der Waals surface area contributed by atoms with Crippen LogP contribution in [0.15, 0.2) is 36.5 Å². The maximum Gasteiger partial charge on any atom is 0.203 e. The van der Waals surface area contributed by atoms with Gasteiger partial charge in [-0.05, 0) is 74.3 Å². The molecule has 5 rings (SSSR count). The molecule has 2 aromatic heterocycles. The second-order valence-electron chi connectivity index (χ2n) is 8.39. The smallest absolute Gasteiger partial charge is 0.203 e. The highest BCUT2D eigenvalue weighted by Crippen LogP contribution is 2.61. The zero-order chi connectivity index (χ0) is 17.9. The van der Waals surface area contributed by atoms with Crippen LogP contribution in [0.3, 0.4) is 0 Å². The first kappa shape index (κ1) is 16.1. The first-order chi connectivity index (χ1) is 12.5. The van der Waals surface area contributed by atoms with E-state index in [1.54, 1.807) is 0 Å². The fourth-order valence-electron chi connectivity index (χ4n) is 4.95. The van der Waals surface area contributed by atoms with E-state index in [4.69, 9.17) is 16.3 Å². The van der Waals surface area contributed by atoms with E-state index in [2.05, 4.69) is 27.7 Å². The third-order valence-corrected chi connectivity index (χ3v) is 6.67. The van der Waals surface area contributed by atoms with E-state index in [0.717, 1.165) is 17.0 Å². The van der Waals surface area contributed by atoms with E-state index in [9.17, 15) is 0 Å². The van der Waals surface area contributed by atoms with Gasteiger partial charge in [-0.15, -0.1) is 10.2 Å². The Kier molecular flexibility index (Phi) is 3.39. The van der Waals surface area contributed by atoms with Gasteiger partial charge in [0, 0.05) is 11.6 Å². The molecule has 0 unspecified atom stereocenters. The Labute approximate surface area is 158 Å². The molecule has 26 heavy (non-hydrogen) atoms. The van der Waals surface area contributed by atoms with Gasteiger partial charge >= 0.3 is 0 Å². The molecule has 0 aliphatic heterocycles. The molecule has 2 saturated carbocycles. The second kappa shape index (κ2) is 5.46. The van der Waals surface area contributed by atoms with Crippen LogP contribution in [0.5, 0.6) is 11.5 Å². The molecule has 3 aromatic rings. The summed E-state index contributed by atoms with van der Waals surface area (Å²) in [6.45, 7) is 4.44. The van der Waals surface area contributed by atoms with Gasteiger partial charge in [0.2, 0.25) is 5.65 Å². The van der Waals surface area contributed by atoms with Crippen LogP contribution in [-0.2, 0) is 5.41 Å². The molecule has 134 valence electrons. The predicted molar refractivity (Wildman–Crippen MR) is 102 cm³/mol. The van der Waals surface area contributed by atoms with Crippen molar-refractivity contribution in [2.75, 3.05) is 0 Å². The van der Waals surface area contributed by atoms with Crippen molar-refractivity contribution >= 4 is 17.2 Å². The molecule has 2 aliphatic rings. The molecule has 2 fully saturated rings. The van der Waals surface area contributed by atoms with Gasteiger partial charge in [-0.25, -0.2) is 0 Å². The summed E-state index contributed by atoms with van der Waals surface area (Å²) in [7, 11) is 0. The average molecular weight is 368 g/mol. The number of rotatable bonds is 3. The van der Waals surface area contributed by atoms with Crippen molar-refractivity contribution in [1.82, 2.24) is 14.6 Å². The van der Waals surface area contributed by atoms with Crippen molar-refractivity contribution in [2.45, 2.75) is 51.4 Å². The van der Waals surface area contributed by atoms with Gasteiger partial charge in [-0.1, -0.05) is 24.6 Å². The van der Waals surface area contributed by atoms with Gasteiger partial charge in [0.05, 0.1) is 5.02 Å². The summed E-state index contributed by atoms with van der Waals surface area (Å²) in [5, 5.41) is 9.71. The molecule has 1 aromatic carbocycles. The van der Waals surface area contributed by atoms with Crippen molar-refractivity contribution in [1.29, 1.82) is 0 Å². The van der Waals surface area contributed by atoms with E-state index in [1.807, 2.05) is 37.3 Å². The Morgan fingerprint density at radius 1 is 1.08 bits per heavy atom. The van der Waals surface area contributed by atoms with E-state index in [-0.39, 0.29) is 5.41 Å². The zero-order valence-electron chi connectivity index (χ0n) is 15.1. The number of fused-ring (bicyclic) bond motifs is 3. The number of aromatic nitrogens is 3. The van der Waals surface area contributed by atoms with Crippen molar-refractivity contribution in [3.63, 3.8) is 0 Å². The summed E-state index contributed by atoms with van der Waals surface area (Å²) in [6.07, 6.45) is 8.26. The zero-order valence-corrected chi connectivity index (χ0v) is 15.9. The number of ether oxygens (including phenoxy) is 1. The monoisotopic (exact) mass is 367 g/mol. The molecule has 2 bridgehead atoms. The molecular weight excluding hydrogens is 346 g/mol. The normalized spacial score (nSPS) is 27.3. The number of halogens is 1. The summed E-state index contributed by atoms with van der Waals surface area (Å²) < 4.78 is 8.24. The Morgan fingerprint density at radius 2 is 1.88 bits per heavy atom. The van der Waals surface area contributed by atoms with Gasteiger partial charge in [0.1, 0.15) is 11.6 Å². The Balaban J connectivity index is 1.57. The molecule has 0 amide bonds. The fraction of sp³-hybridized carbons (Fsp3) is 0.429. The lowest BCUT2D eigenvalue weighted by molar-refractivity contribution is 0.325. The van der Waals surface area contributed by atoms with Crippen LogP contribution in [0.4, 0.5) is 0 Å². The summed E-state index contributed by atoms with van der Waals surface area (Å²) in [5.41, 5.74) is 2.52. The standard InChI is InChI=1S/C21H22ClN3O/c1-14-5-6-15(22)17(12-14)26-16-4-3-11-25-18(16)23-24-19(25)21-9-7-20(2,13-21)8-10-21/h3-6,11-12H,7-10,13H2,1-2H3. The van der Waals surface area contributed by atoms with E-state index >= 15 is 0 Å². The minimum atomic E-state index is 0.174. The molecule has 0 saturated heterocycles. The minimum Gasteiger partial charge on any atom is -0.452 e. The Bertz CT molecular complexity index is 1000. The topological polar surface area (TPSA) is 39.4 Å². The van der Waals surface area contributed by atoms with E-state index < -0.39 is 0 Å². The first-order valence-corrected chi connectivity index (χ1v) is 9.64. The largest absolute Gasteiger partial charge is 0.452 e. The molecule has 0 radical (unpaired) electrons. The van der Waals surface area contributed by atoms with Crippen LogP contribution in [0.1, 0.15) is 50.4 Å². The molecule has 4 nitrogen and oxygen atoms in total. The van der Waals surface area contributed by atoms with Crippen LogP contribution in [0.25, 0.3) is 5.65 Å². The molecule has 2 aliphatic carbocycles. The maximum absolute atomic E-state index is 6.30. The first-order valence-electron chi connectivity index (χ1n) is 9.26. The Hall–Kier alpha value is -2.07. The number of hydrogen-bond acceptors (Lipinski definition) is 3. The number of hydrogen-bond donors (Lipinski definition) is 0. The molecule has 5 heteroatoms. The quantitative estimate of drug-likeness (QED) is 0.595. The summed E-state index contributed by atoms with van der Waals surface area (Å²) in [4.78, 5) is 0. The summed E-state index contributed by atoms with van der Waals surface area (Å²) in [5.74, 6) is 2.43. The highest BCUT2D eigenvalue weighted by Gasteiger charge is 2.54. The summed E-state index contributed by atoms with van der Waals surface area (Å²) >= 11 is 6.30. The van der Waals surface area contributed by atoms with Crippen molar-refractivity contribution in [3.8, 4) is 11.5 Å². The highest BCUT2D eigenvalue weighted by molar-refractivity contribution is 6.32. The van der Waals surface area contributed by atoms with Crippen molar-refractivity contribution < 1.29 is 4.74 Å². The third-order valence-electron chi connectivity index (χ3n) is 6.36. The van der Waals surface area contributed by atoms with Gasteiger partial charge in [0.25, 0.3) is 0 Å². The molecule has 0 N–H and O–H groups in total. The SMILES string of the molecule is Cc1ccc(Cl)c(Oc2cccn3c(C45CCC(C)(CC4)C5)nnc23)c1. The van der Waals surface area contributed by atoms with Gasteiger partial charge in [0.15, 0.2) is 5.75 Å². The lowest BCUT2D eigenvalue weighted by Gasteiger charge is -2.24. The molecule has 0 spiro atoms. The number of aryl methyl sites for hydroxylation is 1. The minimum absolute atomic E-state index is 0.174. The van der Waals surface area contributed by atoms with Gasteiger partial charge in [-0.2, -0.15) is 0 Å². The van der Waals surface area contributed by atoms with Crippen LogP contribution in [0.2, 0.25) is 5.02 Å². The van der Waals surface area contributed by atoms with E-state index in [1.165, 1.54) is 32.1 Å². The van der Waals surface area contributed by atoms with Gasteiger partial charge in [-0.3, -0.25) is 4.40 Å². The van der Waals surface area contributed by atoms with Crippen LogP contribution >= 0.6 is 11.6 Å².